The third-order valence-electron chi connectivity index (χ3n) is 10.2. The fourth-order valence-corrected chi connectivity index (χ4v) is 7.64. The highest BCUT2D eigenvalue weighted by Gasteiger charge is 2.25. The van der Waals surface area contributed by atoms with Gasteiger partial charge in [-0.05, 0) is 81.0 Å². The van der Waals surface area contributed by atoms with Crippen LogP contribution < -0.4 is 10.6 Å². The molecule has 2 heterocycles. The first-order valence-electron chi connectivity index (χ1n) is 18.4. The number of hydrogen-bond donors (Lipinski definition) is 4. The van der Waals surface area contributed by atoms with Gasteiger partial charge in [-0.1, -0.05) is 78.9 Å². The molecule has 0 aliphatic rings. The molecule has 7 rings (SSSR count). The van der Waals surface area contributed by atoms with E-state index in [1.165, 1.54) is 0 Å². The van der Waals surface area contributed by atoms with Gasteiger partial charge in [0.2, 0.25) is 0 Å². The van der Waals surface area contributed by atoms with E-state index in [9.17, 15) is 29.4 Å². The van der Waals surface area contributed by atoms with Gasteiger partial charge in [-0.25, -0.2) is 9.59 Å². The number of hydrogen-bond acceptors (Lipinski definition) is 4. The lowest BCUT2D eigenvalue weighted by Crippen LogP contribution is -2.27. The Balaban J connectivity index is 0.888. The van der Waals surface area contributed by atoms with Gasteiger partial charge >= 0.3 is 11.9 Å². The molecule has 5 aromatic carbocycles. The van der Waals surface area contributed by atoms with Crippen molar-refractivity contribution >= 4 is 67.4 Å². The van der Waals surface area contributed by atoms with Crippen molar-refractivity contribution in [2.24, 2.45) is 0 Å². The quantitative estimate of drug-likeness (QED) is 0.0739. The summed E-state index contributed by atoms with van der Waals surface area (Å²) in [6.45, 7) is 0.724. The van der Waals surface area contributed by atoms with Crippen molar-refractivity contribution < 1.29 is 29.4 Å². The van der Waals surface area contributed by atoms with Crippen LogP contribution in [0.3, 0.4) is 0 Å². The molecule has 0 radical (unpaired) electrons. The van der Waals surface area contributed by atoms with E-state index in [0.29, 0.717) is 62.7 Å². The summed E-state index contributed by atoms with van der Waals surface area (Å²) in [5.41, 5.74) is 4.23. The summed E-state index contributed by atoms with van der Waals surface area (Å²) < 4.78 is 3.81. The maximum absolute atomic E-state index is 13.0. The number of carbonyl (C=O) groups is 4. The molecular formula is C44H42N4O6. The van der Waals surface area contributed by atoms with Crippen molar-refractivity contribution in [2.45, 2.75) is 50.6 Å². The number of amides is 2. The molecule has 2 aromatic heterocycles. The van der Waals surface area contributed by atoms with E-state index < -0.39 is 24.0 Å². The number of nitrogens with zero attached hydrogens (tertiary/aromatic N) is 2. The number of fused-ring (bicyclic) bond motifs is 6. The second-order valence-electron chi connectivity index (χ2n) is 13.6. The molecule has 2 amide bonds. The third-order valence-corrected chi connectivity index (χ3v) is 10.2. The van der Waals surface area contributed by atoms with Crippen LogP contribution in [0.5, 0.6) is 0 Å². The molecule has 4 N–H and O–H groups in total. The van der Waals surface area contributed by atoms with Crippen molar-refractivity contribution in [1.82, 2.24) is 19.8 Å². The minimum absolute atomic E-state index is 0.313. The zero-order valence-corrected chi connectivity index (χ0v) is 29.8. The van der Waals surface area contributed by atoms with E-state index in [-0.39, 0.29) is 11.8 Å². The van der Waals surface area contributed by atoms with Crippen LogP contribution in [0.4, 0.5) is 0 Å². The fourth-order valence-electron chi connectivity index (χ4n) is 7.64. The summed E-state index contributed by atoms with van der Waals surface area (Å²) in [7, 11) is 0. The molecule has 0 bridgehead atoms. The summed E-state index contributed by atoms with van der Waals surface area (Å²) in [4.78, 5) is 50.9. The third kappa shape index (κ3) is 7.28. The lowest BCUT2D eigenvalue weighted by atomic mass is 10.1. The van der Waals surface area contributed by atoms with Gasteiger partial charge in [-0.15, -0.1) is 0 Å². The predicted octanol–water partition coefficient (Wildman–Crippen LogP) is 8.35. The Hall–Kier alpha value is -6.42. The Bertz CT molecular complexity index is 2220. The predicted molar refractivity (Wildman–Crippen MR) is 211 cm³/mol. The molecule has 2 atom stereocenters. The van der Waals surface area contributed by atoms with Crippen LogP contribution in [0.15, 0.2) is 121 Å². The van der Waals surface area contributed by atoms with Crippen LogP contribution >= 0.6 is 0 Å². The second-order valence-corrected chi connectivity index (χ2v) is 13.6. The normalized spacial score (nSPS) is 12.6. The van der Waals surface area contributed by atoms with Crippen LogP contribution in [0.2, 0.25) is 0 Å². The monoisotopic (exact) mass is 722 g/mol. The summed E-state index contributed by atoms with van der Waals surface area (Å²) in [5.74, 6) is -2.42. The summed E-state index contributed by atoms with van der Waals surface area (Å²) in [6.07, 6.45) is 3.17. The van der Waals surface area contributed by atoms with E-state index in [0.717, 1.165) is 43.6 Å². The highest BCUT2D eigenvalue weighted by molar-refractivity contribution is 6.10. The topological polar surface area (TPSA) is 143 Å². The van der Waals surface area contributed by atoms with E-state index >= 15 is 0 Å². The maximum Gasteiger partial charge on any atom is 0.326 e. The van der Waals surface area contributed by atoms with E-state index in [1.807, 2.05) is 106 Å². The first-order valence-corrected chi connectivity index (χ1v) is 18.4. The van der Waals surface area contributed by atoms with E-state index in [2.05, 4.69) is 10.6 Å². The molecular weight excluding hydrogens is 681 g/mol. The highest BCUT2D eigenvalue weighted by Crippen LogP contribution is 2.35. The second kappa shape index (κ2) is 16.1. The van der Waals surface area contributed by atoms with Crippen LogP contribution in [0, 0.1) is 0 Å². The Morgan fingerprint density at radius 3 is 1.13 bits per heavy atom. The number of carboxylic acids is 2. The first-order chi connectivity index (χ1) is 26.3. The Kier molecular flexibility index (Phi) is 10.7. The van der Waals surface area contributed by atoms with Crippen LogP contribution in [0.1, 0.15) is 71.3 Å². The van der Waals surface area contributed by atoms with Crippen LogP contribution in [0.25, 0.3) is 43.6 Å². The Morgan fingerprint density at radius 2 is 0.796 bits per heavy atom. The Labute approximate surface area is 312 Å². The van der Waals surface area contributed by atoms with Gasteiger partial charge in [0.1, 0.15) is 12.1 Å². The SMILES string of the molecule is O=C(NCCCC[C@H](C(=O)O)n1c2ccccc2c2ccccc21)c1cccc(C(=O)NCCCC[C@H](C(=O)O)n2c3ccccc3c3ccccc32)c1. The number of para-hydroxylation sites is 4. The molecule has 0 unspecified atom stereocenters. The molecule has 10 heteroatoms. The van der Waals surface area contributed by atoms with Crippen molar-refractivity contribution in [3.8, 4) is 0 Å². The number of carbonyl (C=O) groups excluding carboxylic acids is 2. The smallest absolute Gasteiger partial charge is 0.326 e. The number of aromatic nitrogens is 2. The van der Waals surface area contributed by atoms with Gasteiger partial charge in [0.15, 0.2) is 0 Å². The number of rotatable bonds is 16. The van der Waals surface area contributed by atoms with Crippen molar-refractivity contribution in [1.29, 1.82) is 0 Å². The van der Waals surface area contributed by atoms with Gasteiger partial charge in [-0.3, -0.25) is 9.59 Å². The molecule has 0 fully saturated rings. The molecule has 0 saturated heterocycles. The molecule has 7 aromatic rings. The van der Waals surface area contributed by atoms with E-state index in [1.54, 1.807) is 24.3 Å². The molecule has 274 valence electrons. The number of aliphatic carboxylic acids is 2. The van der Waals surface area contributed by atoms with Crippen molar-refractivity contribution in [2.75, 3.05) is 13.1 Å². The maximum atomic E-state index is 13.0. The van der Waals surface area contributed by atoms with Crippen LogP contribution in [-0.2, 0) is 9.59 Å². The summed E-state index contributed by atoms with van der Waals surface area (Å²) >= 11 is 0. The first kappa shape index (κ1) is 36.0. The molecule has 0 aliphatic carbocycles. The number of unbranched alkanes of at least 4 members (excludes halogenated alkanes) is 2. The number of nitrogens with one attached hydrogen (secondary N) is 2. The summed E-state index contributed by atoms with van der Waals surface area (Å²) in [5, 5.41) is 30.3. The number of carboxylic acid groups (broad SMARTS) is 2. The largest absolute Gasteiger partial charge is 0.480 e. The standard InChI is InChI=1S/C44H42N4O6/c49-41(45-26-11-9-24-39(43(51)52)47-35-20-5-1-16-31(35)32-17-2-6-21-36(32)47)29-14-13-15-30(28-29)42(50)46-27-12-10-25-40(44(53)54)48-37-22-7-3-18-33(37)34-19-4-8-23-38(34)48/h1-8,13-23,28,39-40H,9-12,24-27H2,(H,45,49)(H,46,50)(H,51,52)(H,53,54)/t39-,40-/m1/s1. The van der Waals surface area contributed by atoms with Gasteiger partial charge in [0.05, 0.1) is 0 Å². The van der Waals surface area contributed by atoms with Crippen LogP contribution in [-0.4, -0.2) is 56.2 Å². The van der Waals surface area contributed by atoms with Gasteiger partial charge < -0.3 is 30.0 Å². The molecule has 0 spiro atoms. The number of benzene rings is 5. The molecule has 10 nitrogen and oxygen atoms in total. The average Bonchev–Trinajstić information content (AvgIpc) is 3.70. The highest BCUT2D eigenvalue weighted by atomic mass is 16.4. The van der Waals surface area contributed by atoms with Gasteiger partial charge in [0, 0.05) is 67.8 Å². The minimum atomic E-state index is -0.899. The lowest BCUT2D eigenvalue weighted by molar-refractivity contribution is -0.141. The van der Waals surface area contributed by atoms with Gasteiger partial charge in [0.25, 0.3) is 11.8 Å². The zero-order chi connectivity index (χ0) is 37.6. The lowest BCUT2D eigenvalue weighted by Gasteiger charge is -2.17. The Morgan fingerprint density at radius 1 is 0.463 bits per heavy atom. The minimum Gasteiger partial charge on any atom is -0.480 e. The summed E-state index contributed by atoms with van der Waals surface area (Å²) in [6, 6.07) is 36.3. The van der Waals surface area contributed by atoms with Crippen molar-refractivity contribution in [3.63, 3.8) is 0 Å². The molecule has 0 saturated carbocycles. The van der Waals surface area contributed by atoms with Gasteiger partial charge in [-0.2, -0.15) is 0 Å². The van der Waals surface area contributed by atoms with Crippen molar-refractivity contribution in [3.05, 3.63) is 132 Å². The molecule has 0 aliphatic heterocycles. The average molecular weight is 723 g/mol. The zero-order valence-electron chi connectivity index (χ0n) is 29.8. The fraction of sp³-hybridized carbons (Fsp3) is 0.227. The molecule has 54 heavy (non-hydrogen) atoms. The van der Waals surface area contributed by atoms with E-state index in [4.69, 9.17) is 0 Å².